The number of aromatic nitrogens is 1. The van der Waals surface area contributed by atoms with Gasteiger partial charge in [0.15, 0.2) is 0 Å². The molecule has 3 rings (SSSR count). The molecule has 3 aromatic rings. The topological polar surface area (TPSA) is 69.9 Å². The summed E-state index contributed by atoms with van der Waals surface area (Å²) in [6.07, 6.45) is 1.78. The molecule has 6 nitrogen and oxygen atoms in total. The second kappa shape index (κ2) is 9.22. The smallest absolute Gasteiger partial charge is 0.338 e. The summed E-state index contributed by atoms with van der Waals surface area (Å²) >= 11 is 0. The lowest BCUT2D eigenvalue weighted by Gasteiger charge is -2.10. The van der Waals surface area contributed by atoms with Crippen LogP contribution < -0.4 is 0 Å². The minimum atomic E-state index is -0.392. The first kappa shape index (κ1) is 21.0. The van der Waals surface area contributed by atoms with Crippen molar-refractivity contribution in [1.29, 1.82) is 0 Å². The Kier molecular flexibility index (Phi) is 6.47. The minimum absolute atomic E-state index is 0.327. The van der Waals surface area contributed by atoms with Gasteiger partial charge in [-0.2, -0.15) is 0 Å². The third-order valence-corrected chi connectivity index (χ3v) is 4.73. The van der Waals surface area contributed by atoms with Gasteiger partial charge in [0.25, 0.3) is 0 Å². The van der Waals surface area contributed by atoms with E-state index in [0.717, 1.165) is 22.6 Å². The zero-order valence-electron chi connectivity index (χ0n) is 17.5. The maximum atomic E-state index is 11.9. The van der Waals surface area contributed by atoms with Gasteiger partial charge in [-0.15, -0.1) is 0 Å². The summed E-state index contributed by atoms with van der Waals surface area (Å²) in [5, 5.41) is 0. The number of methoxy groups -OCH3 is 1. The normalized spacial score (nSPS) is 10.9. The number of nitrogens with zero attached hydrogens (tertiary/aromatic N) is 2. The average molecular weight is 404 g/mol. The molecule has 0 aliphatic carbocycles. The number of ether oxygens (including phenoxy) is 2. The lowest BCUT2D eigenvalue weighted by Crippen LogP contribution is -2.05. The molecule has 0 radical (unpaired) electrons. The zero-order chi connectivity index (χ0) is 21.7. The number of aryl methyl sites for hydroxylation is 1. The van der Waals surface area contributed by atoms with Gasteiger partial charge in [0, 0.05) is 28.9 Å². The Morgan fingerprint density at radius 1 is 1.00 bits per heavy atom. The molecule has 0 N–H and O–H groups in total. The molecule has 30 heavy (non-hydrogen) atoms. The molecule has 0 aliphatic rings. The monoisotopic (exact) mass is 404 g/mol. The predicted molar refractivity (Wildman–Crippen MR) is 116 cm³/mol. The van der Waals surface area contributed by atoms with Crippen molar-refractivity contribution < 1.29 is 19.1 Å². The molecular formula is C24H24N2O4. The summed E-state index contributed by atoms with van der Waals surface area (Å²) in [6.45, 7) is 6.16. The Labute approximate surface area is 175 Å². The third kappa shape index (κ3) is 4.49. The maximum absolute atomic E-state index is 11.9. The Balaban J connectivity index is 1.86. The fraction of sp³-hybridized carbons (Fsp3) is 0.208. The molecule has 0 bridgehead atoms. The van der Waals surface area contributed by atoms with Gasteiger partial charge in [-0.05, 0) is 69.3 Å². The quantitative estimate of drug-likeness (QED) is 0.437. The Morgan fingerprint density at radius 2 is 1.73 bits per heavy atom. The maximum Gasteiger partial charge on any atom is 0.338 e. The average Bonchev–Trinajstić information content (AvgIpc) is 3.05. The summed E-state index contributed by atoms with van der Waals surface area (Å²) < 4.78 is 11.9. The number of rotatable bonds is 6. The van der Waals surface area contributed by atoms with E-state index in [9.17, 15) is 9.59 Å². The van der Waals surface area contributed by atoms with Gasteiger partial charge >= 0.3 is 11.9 Å². The second-order valence-electron chi connectivity index (χ2n) is 6.73. The van der Waals surface area contributed by atoms with E-state index in [1.165, 1.54) is 7.11 Å². The second-order valence-corrected chi connectivity index (χ2v) is 6.73. The summed E-state index contributed by atoms with van der Waals surface area (Å²) in [6, 6.07) is 16.3. The van der Waals surface area contributed by atoms with Crippen molar-refractivity contribution in [2.24, 2.45) is 4.99 Å². The number of hydrogen-bond acceptors (Lipinski definition) is 5. The van der Waals surface area contributed by atoms with Gasteiger partial charge in [0.05, 0.1) is 30.5 Å². The summed E-state index contributed by atoms with van der Waals surface area (Å²) in [7, 11) is 1.35. The van der Waals surface area contributed by atoms with Crippen molar-refractivity contribution in [2.45, 2.75) is 20.8 Å². The highest BCUT2D eigenvalue weighted by molar-refractivity contribution is 5.91. The molecule has 1 aromatic heterocycles. The SMILES string of the molecule is CCOC(=O)c1ccc(-n2c(C)cc(C=Nc3cccc(C(=O)OC)c3)c2C)cc1. The number of esters is 2. The van der Waals surface area contributed by atoms with E-state index < -0.39 is 5.97 Å². The van der Waals surface area contributed by atoms with E-state index in [1.807, 2.05) is 38.1 Å². The van der Waals surface area contributed by atoms with Gasteiger partial charge < -0.3 is 14.0 Å². The van der Waals surface area contributed by atoms with Crippen molar-refractivity contribution in [3.63, 3.8) is 0 Å². The van der Waals surface area contributed by atoms with Crippen LogP contribution in [0.5, 0.6) is 0 Å². The van der Waals surface area contributed by atoms with E-state index in [4.69, 9.17) is 9.47 Å². The number of aliphatic imine (C=N–C) groups is 1. The van der Waals surface area contributed by atoms with E-state index >= 15 is 0 Å². The van der Waals surface area contributed by atoms with Crippen LogP contribution in [0.3, 0.4) is 0 Å². The van der Waals surface area contributed by atoms with Gasteiger partial charge in [-0.25, -0.2) is 9.59 Å². The standard InChI is InChI=1S/C24H24N2O4/c1-5-30-24(28)18-9-11-22(12-10-18)26-16(2)13-20(17(26)3)15-25-21-8-6-7-19(14-21)23(27)29-4/h6-15H,5H2,1-4H3. The van der Waals surface area contributed by atoms with Crippen LogP contribution in [0.1, 0.15) is 44.6 Å². The fourth-order valence-electron chi connectivity index (χ4n) is 3.25. The first-order chi connectivity index (χ1) is 14.4. The molecule has 0 atom stereocenters. The van der Waals surface area contributed by atoms with Crippen molar-refractivity contribution in [2.75, 3.05) is 13.7 Å². The molecular weight excluding hydrogens is 380 g/mol. The predicted octanol–water partition coefficient (Wildman–Crippen LogP) is 4.81. The van der Waals surface area contributed by atoms with Crippen molar-refractivity contribution in [3.8, 4) is 5.69 Å². The highest BCUT2D eigenvalue weighted by Gasteiger charge is 2.12. The molecule has 0 amide bonds. The summed E-state index contributed by atoms with van der Waals surface area (Å²) in [5.74, 6) is -0.719. The highest BCUT2D eigenvalue weighted by Crippen LogP contribution is 2.22. The van der Waals surface area contributed by atoms with Crippen molar-refractivity contribution in [3.05, 3.63) is 82.7 Å². The summed E-state index contributed by atoms with van der Waals surface area (Å²) in [4.78, 5) is 28.1. The third-order valence-electron chi connectivity index (χ3n) is 4.73. The molecule has 0 spiro atoms. The van der Waals surface area contributed by atoms with Gasteiger partial charge in [0.1, 0.15) is 0 Å². The number of carbonyl (C=O) groups excluding carboxylic acids is 2. The van der Waals surface area contributed by atoms with Crippen LogP contribution in [-0.2, 0) is 9.47 Å². The lowest BCUT2D eigenvalue weighted by atomic mass is 10.2. The van der Waals surface area contributed by atoms with Gasteiger partial charge in [0.2, 0.25) is 0 Å². The molecule has 0 unspecified atom stereocenters. The van der Waals surface area contributed by atoms with E-state index in [1.54, 1.807) is 43.5 Å². The first-order valence-electron chi connectivity index (χ1n) is 9.63. The molecule has 0 saturated heterocycles. The number of hydrogen-bond donors (Lipinski definition) is 0. The van der Waals surface area contributed by atoms with Crippen LogP contribution in [0.2, 0.25) is 0 Å². The molecule has 154 valence electrons. The Morgan fingerprint density at radius 3 is 2.40 bits per heavy atom. The molecule has 6 heteroatoms. The van der Waals surface area contributed by atoms with Gasteiger partial charge in [-0.3, -0.25) is 4.99 Å². The van der Waals surface area contributed by atoms with Crippen LogP contribution in [0.4, 0.5) is 5.69 Å². The lowest BCUT2D eigenvalue weighted by molar-refractivity contribution is 0.0525. The molecule has 0 fully saturated rings. The number of carbonyl (C=O) groups is 2. The molecule has 0 aliphatic heterocycles. The van der Waals surface area contributed by atoms with Crippen LogP contribution in [0.15, 0.2) is 59.6 Å². The van der Waals surface area contributed by atoms with Crippen LogP contribution >= 0.6 is 0 Å². The first-order valence-corrected chi connectivity index (χ1v) is 9.63. The Hall–Kier alpha value is -3.67. The largest absolute Gasteiger partial charge is 0.465 e. The van der Waals surface area contributed by atoms with Gasteiger partial charge in [-0.1, -0.05) is 6.07 Å². The van der Waals surface area contributed by atoms with Crippen molar-refractivity contribution >= 4 is 23.8 Å². The minimum Gasteiger partial charge on any atom is -0.465 e. The van der Waals surface area contributed by atoms with Crippen LogP contribution in [0.25, 0.3) is 5.69 Å². The van der Waals surface area contributed by atoms with Crippen LogP contribution in [-0.4, -0.2) is 36.4 Å². The molecule has 2 aromatic carbocycles. The zero-order valence-corrected chi connectivity index (χ0v) is 17.5. The van der Waals surface area contributed by atoms with E-state index in [0.29, 0.717) is 23.4 Å². The molecule has 1 heterocycles. The fourth-order valence-corrected chi connectivity index (χ4v) is 3.25. The van der Waals surface area contributed by atoms with Crippen molar-refractivity contribution in [1.82, 2.24) is 4.57 Å². The van der Waals surface area contributed by atoms with E-state index in [-0.39, 0.29) is 5.97 Å². The number of benzene rings is 2. The summed E-state index contributed by atoms with van der Waals surface area (Å²) in [5.41, 5.74) is 5.62. The van der Waals surface area contributed by atoms with Crippen LogP contribution in [0, 0.1) is 13.8 Å². The highest BCUT2D eigenvalue weighted by atomic mass is 16.5. The molecule has 0 saturated carbocycles. The van der Waals surface area contributed by atoms with E-state index in [2.05, 4.69) is 9.56 Å². The Bertz CT molecular complexity index is 1090.